The molecule has 0 aliphatic rings. The fourth-order valence-corrected chi connectivity index (χ4v) is 11.6. The number of furan rings is 2. The summed E-state index contributed by atoms with van der Waals surface area (Å²) in [6, 6.07) is 72.6. The number of para-hydroxylation sites is 1. The Morgan fingerprint density at radius 3 is 1.56 bits per heavy atom. The van der Waals surface area contributed by atoms with E-state index in [4.69, 9.17) is 23.8 Å². The third-order valence-electron chi connectivity index (χ3n) is 12.0. The Balaban J connectivity index is 1.04. The molecule has 3 aromatic heterocycles. The van der Waals surface area contributed by atoms with Gasteiger partial charge in [0.15, 0.2) is 24.6 Å². The largest absolute Gasteiger partial charge is 0.456 e. The Hall–Kier alpha value is -8.18. The molecule has 7 heteroatoms. The van der Waals surface area contributed by atoms with Gasteiger partial charge in [0.1, 0.15) is 22.3 Å². The summed E-state index contributed by atoms with van der Waals surface area (Å²) in [4.78, 5) is 15.4. The van der Waals surface area contributed by atoms with Crippen molar-refractivity contribution in [3.8, 4) is 56.4 Å². The van der Waals surface area contributed by atoms with E-state index < -0.39 is 7.14 Å². The summed E-state index contributed by atoms with van der Waals surface area (Å²) in [5, 5.41) is 6.30. The van der Waals surface area contributed by atoms with Crippen LogP contribution >= 0.6 is 7.14 Å². The van der Waals surface area contributed by atoms with Gasteiger partial charge in [0.25, 0.3) is 0 Å². The van der Waals surface area contributed by atoms with E-state index in [9.17, 15) is 0 Å². The molecule has 6 nitrogen and oxygen atoms in total. The molecular weight excluding hydrogens is 806 g/mol. The van der Waals surface area contributed by atoms with Gasteiger partial charge in [0.2, 0.25) is 0 Å². The highest BCUT2D eigenvalue weighted by molar-refractivity contribution is 7.85. The number of benzene rings is 9. The van der Waals surface area contributed by atoms with Crippen LogP contribution in [0.1, 0.15) is 0 Å². The third-order valence-corrected chi connectivity index (χ3v) is 15.1. The fourth-order valence-electron chi connectivity index (χ4n) is 8.88. The molecule has 0 saturated carbocycles. The molecule has 0 N–H and O–H groups in total. The molecule has 0 aliphatic heterocycles. The molecule has 0 unspecified atom stereocenters. The van der Waals surface area contributed by atoms with Crippen molar-refractivity contribution in [3.63, 3.8) is 0 Å². The van der Waals surface area contributed by atoms with Gasteiger partial charge in [-0.05, 0) is 70.8 Å². The summed E-state index contributed by atoms with van der Waals surface area (Å²) in [5.41, 5.74) is 9.67. The van der Waals surface area contributed by atoms with Gasteiger partial charge in [-0.3, -0.25) is 0 Å². The minimum atomic E-state index is -3.28. The monoisotopic (exact) mass is 841 g/mol. The number of hydrogen-bond acceptors (Lipinski definition) is 6. The van der Waals surface area contributed by atoms with E-state index >= 15 is 4.57 Å². The van der Waals surface area contributed by atoms with E-state index in [1.807, 2.05) is 146 Å². The van der Waals surface area contributed by atoms with Crippen molar-refractivity contribution in [1.29, 1.82) is 0 Å². The first-order valence-electron chi connectivity index (χ1n) is 21.2. The first-order chi connectivity index (χ1) is 31.6. The van der Waals surface area contributed by atoms with E-state index in [1.54, 1.807) is 0 Å². The van der Waals surface area contributed by atoms with E-state index in [1.165, 1.54) is 0 Å². The molecule has 0 saturated heterocycles. The first kappa shape index (κ1) is 37.6. The van der Waals surface area contributed by atoms with Crippen molar-refractivity contribution >= 4 is 66.9 Å². The van der Waals surface area contributed by atoms with Gasteiger partial charge in [-0.15, -0.1) is 0 Å². The molecule has 0 aliphatic carbocycles. The molecule has 0 bridgehead atoms. The van der Waals surface area contributed by atoms with E-state index in [0.717, 1.165) is 87.8 Å². The number of aromatic nitrogens is 3. The third kappa shape index (κ3) is 6.43. The Kier molecular flexibility index (Phi) is 8.99. The highest BCUT2D eigenvalue weighted by Crippen LogP contribution is 2.44. The van der Waals surface area contributed by atoms with Crippen LogP contribution in [0.4, 0.5) is 0 Å². The van der Waals surface area contributed by atoms with Crippen LogP contribution in [0.3, 0.4) is 0 Å². The molecule has 0 atom stereocenters. The summed E-state index contributed by atoms with van der Waals surface area (Å²) >= 11 is 0. The molecule has 0 radical (unpaired) electrons. The van der Waals surface area contributed by atoms with Crippen LogP contribution in [0.15, 0.2) is 227 Å². The topological polar surface area (TPSA) is 82.0 Å². The van der Waals surface area contributed by atoms with Gasteiger partial charge in [-0.1, -0.05) is 170 Å². The standard InChI is InChI=1S/C57H36N3O3P/c61-64(43-21-9-3-10-22-43,44-23-11-4-12-24-44)45-25-15-20-41(32-45)56-58-55(38-18-7-2-8-19-38)59-57(60-56)42-34-48(54-47-26-13-14-27-50(47)63-53(54)36-42)40-28-30-46-49-33-39(37-16-5-1-6-17-37)29-31-51(49)62-52(46)35-40/h1-36H. The maximum absolute atomic E-state index is 15.5. The van der Waals surface area contributed by atoms with Crippen molar-refractivity contribution in [1.82, 2.24) is 15.0 Å². The highest BCUT2D eigenvalue weighted by Gasteiger charge is 2.30. The highest BCUT2D eigenvalue weighted by atomic mass is 31.2. The SMILES string of the molecule is O=P(c1ccccc1)(c1ccccc1)c1cccc(-c2nc(-c3ccccc3)nc(-c3cc(-c4ccc5c(c4)oc4ccc(-c6ccccc6)cc45)c4c(c3)oc3ccccc34)n2)c1. The molecule has 12 rings (SSSR count). The first-order valence-corrected chi connectivity index (χ1v) is 22.9. The molecule has 64 heavy (non-hydrogen) atoms. The van der Waals surface area contributed by atoms with Crippen LogP contribution < -0.4 is 15.9 Å². The second-order valence-corrected chi connectivity index (χ2v) is 18.7. The quantitative estimate of drug-likeness (QED) is 0.142. The predicted molar refractivity (Wildman–Crippen MR) is 261 cm³/mol. The van der Waals surface area contributed by atoms with Crippen LogP contribution in [-0.2, 0) is 4.57 Å². The van der Waals surface area contributed by atoms with E-state index in [2.05, 4.69) is 72.8 Å². The molecule has 3 heterocycles. The van der Waals surface area contributed by atoms with Crippen LogP contribution in [0, 0.1) is 0 Å². The van der Waals surface area contributed by atoms with E-state index in [-0.39, 0.29) is 0 Å². The summed E-state index contributed by atoms with van der Waals surface area (Å²) in [6.45, 7) is 0. The summed E-state index contributed by atoms with van der Waals surface area (Å²) < 4.78 is 28.6. The molecule has 0 fully saturated rings. The fraction of sp³-hybridized carbons (Fsp3) is 0. The second kappa shape index (κ2) is 15.3. The van der Waals surface area contributed by atoms with Crippen molar-refractivity contribution in [2.24, 2.45) is 0 Å². The zero-order chi connectivity index (χ0) is 42.6. The maximum Gasteiger partial charge on any atom is 0.171 e. The summed E-state index contributed by atoms with van der Waals surface area (Å²) in [5.74, 6) is 1.46. The summed E-state index contributed by atoms with van der Waals surface area (Å²) in [7, 11) is -3.28. The van der Waals surface area contributed by atoms with Crippen LogP contribution in [0.5, 0.6) is 0 Å². The van der Waals surface area contributed by atoms with Crippen LogP contribution in [0.2, 0.25) is 0 Å². The minimum absolute atomic E-state index is 0.461. The maximum atomic E-state index is 15.5. The Labute approximate surface area is 368 Å². The number of nitrogens with zero attached hydrogens (tertiary/aromatic N) is 3. The van der Waals surface area contributed by atoms with Crippen molar-refractivity contribution in [2.75, 3.05) is 0 Å². The predicted octanol–water partition coefficient (Wildman–Crippen LogP) is 13.6. The minimum Gasteiger partial charge on any atom is -0.456 e. The smallest absolute Gasteiger partial charge is 0.171 e. The molecule has 12 aromatic rings. The molecule has 302 valence electrons. The van der Waals surface area contributed by atoms with Gasteiger partial charge in [-0.25, -0.2) is 15.0 Å². The molecule has 0 spiro atoms. The Bertz CT molecular complexity index is 3710. The lowest BCUT2D eigenvalue weighted by molar-refractivity contribution is 0.592. The van der Waals surface area contributed by atoms with Crippen LogP contribution in [0.25, 0.3) is 100 Å². The molecule has 9 aromatic carbocycles. The zero-order valence-corrected chi connectivity index (χ0v) is 35.2. The van der Waals surface area contributed by atoms with Gasteiger partial charge in [-0.2, -0.15) is 0 Å². The molecular formula is C57H36N3O3P. The lowest BCUT2D eigenvalue weighted by Gasteiger charge is -2.20. The zero-order valence-electron chi connectivity index (χ0n) is 34.3. The number of hydrogen-bond donors (Lipinski definition) is 0. The average Bonchev–Trinajstić information content (AvgIpc) is 3.94. The van der Waals surface area contributed by atoms with E-state index in [0.29, 0.717) is 28.4 Å². The lowest BCUT2D eigenvalue weighted by Crippen LogP contribution is -2.25. The Morgan fingerprint density at radius 2 is 0.844 bits per heavy atom. The normalized spacial score (nSPS) is 11.8. The second-order valence-electron chi connectivity index (χ2n) is 15.9. The average molecular weight is 842 g/mol. The van der Waals surface area contributed by atoms with Gasteiger partial charge in [0, 0.05) is 54.1 Å². The molecule has 0 amide bonds. The number of rotatable bonds is 8. The Morgan fingerprint density at radius 1 is 0.312 bits per heavy atom. The van der Waals surface area contributed by atoms with Gasteiger partial charge in [0.05, 0.1) is 0 Å². The van der Waals surface area contributed by atoms with Crippen molar-refractivity contribution < 1.29 is 13.4 Å². The van der Waals surface area contributed by atoms with Crippen molar-refractivity contribution in [3.05, 3.63) is 218 Å². The van der Waals surface area contributed by atoms with Crippen LogP contribution in [-0.4, -0.2) is 15.0 Å². The van der Waals surface area contributed by atoms with Crippen molar-refractivity contribution in [2.45, 2.75) is 0 Å². The van der Waals surface area contributed by atoms with Gasteiger partial charge >= 0.3 is 0 Å². The van der Waals surface area contributed by atoms with Gasteiger partial charge < -0.3 is 13.4 Å². The summed E-state index contributed by atoms with van der Waals surface area (Å²) in [6.07, 6.45) is 0. The number of fused-ring (bicyclic) bond motifs is 6. The lowest BCUT2D eigenvalue weighted by atomic mass is 9.95.